The molecule has 0 spiro atoms. The van der Waals surface area contributed by atoms with Gasteiger partial charge in [-0.1, -0.05) is 17.7 Å². The third-order valence-corrected chi connectivity index (χ3v) is 2.76. The van der Waals surface area contributed by atoms with Crippen molar-refractivity contribution in [3.63, 3.8) is 0 Å². The summed E-state index contributed by atoms with van der Waals surface area (Å²) < 4.78 is 2.76. The summed E-state index contributed by atoms with van der Waals surface area (Å²) in [6.07, 6.45) is 2.03. The maximum absolute atomic E-state index is 5.25. The van der Waals surface area contributed by atoms with Gasteiger partial charge in [-0.15, -0.1) is 0 Å². The first kappa shape index (κ1) is 10.2. The fourth-order valence-corrected chi connectivity index (χ4v) is 2.08. The van der Waals surface area contributed by atoms with E-state index in [1.165, 1.54) is 11.1 Å². The number of aromatic amines is 1. The summed E-state index contributed by atoms with van der Waals surface area (Å²) in [5.74, 6) is 0. The van der Waals surface area contributed by atoms with E-state index in [4.69, 9.17) is 12.2 Å². The summed E-state index contributed by atoms with van der Waals surface area (Å²) in [6.45, 7) is 6.21. The molecular weight excluding hydrogens is 204 g/mol. The van der Waals surface area contributed by atoms with Crippen molar-refractivity contribution in [2.45, 2.75) is 20.8 Å². The van der Waals surface area contributed by atoms with Crippen molar-refractivity contribution in [2.24, 2.45) is 0 Å². The van der Waals surface area contributed by atoms with E-state index in [0.717, 1.165) is 16.2 Å². The number of imidazole rings is 1. The Morgan fingerprint density at radius 3 is 2.47 bits per heavy atom. The third-order valence-electron chi connectivity index (χ3n) is 2.46. The summed E-state index contributed by atoms with van der Waals surface area (Å²) >= 11 is 5.25. The minimum Gasteiger partial charge on any atom is -0.335 e. The van der Waals surface area contributed by atoms with Gasteiger partial charge in [0.2, 0.25) is 0 Å². The molecule has 2 aromatic rings. The Balaban J connectivity index is 2.64. The lowest BCUT2D eigenvalue weighted by atomic mass is 10.1. The van der Waals surface area contributed by atoms with Gasteiger partial charge >= 0.3 is 0 Å². The lowest BCUT2D eigenvalue weighted by Crippen LogP contribution is -1.95. The molecule has 1 aromatic carbocycles. The van der Waals surface area contributed by atoms with Crippen LogP contribution >= 0.6 is 12.2 Å². The molecule has 1 N–H and O–H groups in total. The van der Waals surface area contributed by atoms with E-state index >= 15 is 0 Å². The molecule has 0 atom stereocenters. The van der Waals surface area contributed by atoms with Crippen LogP contribution in [0, 0.1) is 25.5 Å². The molecule has 0 saturated carbocycles. The molecule has 2 nitrogen and oxygen atoms in total. The molecular formula is C12H14N2S. The second-order valence-corrected chi connectivity index (χ2v) is 4.29. The average molecular weight is 218 g/mol. The number of benzene rings is 1. The van der Waals surface area contributed by atoms with E-state index in [2.05, 4.69) is 37.0 Å². The van der Waals surface area contributed by atoms with Gasteiger partial charge in [-0.05, 0) is 44.6 Å². The summed E-state index contributed by atoms with van der Waals surface area (Å²) in [6, 6.07) is 6.37. The first-order valence-electron chi connectivity index (χ1n) is 4.94. The van der Waals surface area contributed by atoms with E-state index in [1.54, 1.807) is 0 Å². The first-order chi connectivity index (χ1) is 7.08. The molecule has 0 bridgehead atoms. The summed E-state index contributed by atoms with van der Waals surface area (Å²) in [5.41, 5.74) is 4.75. The van der Waals surface area contributed by atoms with Crippen LogP contribution in [0.2, 0.25) is 0 Å². The van der Waals surface area contributed by atoms with Crippen molar-refractivity contribution >= 4 is 12.2 Å². The molecule has 1 aromatic heterocycles. The number of rotatable bonds is 1. The summed E-state index contributed by atoms with van der Waals surface area (Å²) in [4.78, 5) is 3.13. The van der Waals surface area contributed by atoms with Crippen LogP contribution in [-0.4, -0.2) is 9.55 Å². The fraction of sp³-hybridized carbons (Fsp3) is 0.250. The smallest absolute Gasteiger partial charge is 0.181 e. The Morgan fingerprint density at radius 1 is 1.20 bits per heavy atom. The van der Waals surface area contributed by atoms with Crippen molar-refractivity contribution in [1.82, 2.24) is 9.55 Å². The van der Waals surface area contributed by atoms with Gasteiger partial charge in [0.05, 0.1) is 5.69 Å². The van der Waals surface area contributed by atoms with Gasteiger partial charge in [-0.3, -0.25) is 4.57 Å². The van der Waals surface area contributed by atoms with Crippen LogP contribution in [0.25, 0.3) is 5.69 Å². The fourth-order valence-electron chi connectivity index (χ4n) is 1.77. The second kappa shape index (κ2) is 3.66. The molecule has 0 radical (unpaired) electrons. The molecule has 3 heteroatoms. The zero-order valence-corrected chi connectivity index (χ0v) is 9.98. The van der Waals surface area contributed by atoms with Crippen molar-refractivity contribution in [1.29, 1.82) is 0 Å². The average Bonchev–Trinajstić information content (AvgIpc) is 2.45. The van der Waals surface area contributed by atoms with Crippen LogP contribution in [0.3, 0.4) is 0 Å². The lowest BCUT2D eigenvalue weighted by Gasteiger charge is -2.07. The van der Waals surface area contributed by atoms with Gasteiger partial charge in [0, 0.05) is 11.9 Å². The minimum absolute atomic E-state index is 0.749. The van der Waals surface area contributed by atoms with Crippen molar-refractivity contribution in [3.8, 4) is 5.69 Å². The van der Waals surface area contributed by atoms with E-state index in [9.17, 15) is 0 Å². The van der Waals surface area contributed by atoms with Crippen LogP contribution in [0.1, 0.15) is 16.8 Å². The Hall–Kier alpha value is -1.35. The highest BCUT2D eigenvalue weighted by molar-refractivity contribution is 7.71. The largest absolute Gasteiger partial charge is 0.335 e. The van der Waals surface area contributed by atoms with Crippen LogP contribution in [-0.2, 0) is 0 Å². The molecule has 0 aliphatic carbocycles. The maximum Gasteiger partial charge on any atom is 0.181 e. The second-order valence-electron chi connectivity index (χ2n) is 3.90. The highest BCUT2D eigenvalue weighted by Gasteiger charge is 2.03. The van der Waals surface area contributed by atoms with E-state index in [0.29, 0.717) is 0 Å². The zero-order valence-electron chi connectivity index (χ0n) is 9.16. The van der Waals surface area contributed by atoms with Gasteiger partial charge in [0.25, 0.3) is 0 Å². The van der Waals surface area contributed by atoms with Gasteiger partial charge in [-0.25, -0.2) is 0 Å². The molecule has 0 aliphatic heterocycles. The molecule has 0 unspecified atom stereocenters. The van der Waals surface area contributed by atoms with Crippen LogP contribution in [0.15, 0.2) is 24.4 Å². The zero-order chi connectivity index (χ0) is 11.0. The number of hydrogen-bond acceptors (Lipinski definition) is 1. The first-order valence-corrected chi connectivity index (χ1v) is 5.34. The van der Waals surface area contributed by atoms with Gasteiger partial charge in [0.15, 0.2) is 4.77 Å². The molecule has 0 amide bonds. The Morgan fingerprint density at radius 2 is 1.93 bits per heavy atom. The third kappa shape index (κ3) is 1.88. The van der Waals surface area contributed by atoms with Crippen molar-refractivity contribution in [3.05, 3.63) is 46.0 Å². The van der Waals surface area contributed by atoms with Gasteiger partial charge in [-0.2, -0.15) is 0 Å². The Labute approximate surface area is 94.6 Å². The number of hydrogen-bond donors (Lipinski definition) is 1. The molecule has 0 aliphatic rings. The lowest BCUT2D eigenvalue weighted by molar-refractivity contribution is 1.01. The minimum atomic E-state index is 0.749. The molecule has 78 valence electrons. The monoisotopic (exact) mass is 218 g/mol. The highest BCUT2D eigenvalue weighted by atomic mass is 32.1. The maximum atomic E-state index is 5.25. The normalized spacial score (nSPS) is 10.6. The highest BCUT2D eigenvalue weighted by Crippen LogP contribution is 2.16. The van der Waals surface area contributed by atoms with Gasteiger partial charge < -0.3 is 4.98 Å². The Bertz CT molecular complexity index is 549. The SMILES string of the molecule is Cc1ccc(-n2cc(C)[nH]c2=S)c(C)c1. The molecule has 1 heterocycles. The number of nitrogens with zero attached hydrogens (tertiary/aromatic N) is 1. The van der Waals surface area contributed by atoms with Crippen molar-refractivity contribution < 1.29 is 0 Å². The van der Waals surface area contributed by atoms with Gasteiger partial charge in [0.1, 0.15) is 0 Å². The van der Waals surface area contributed by atoms with E-state index in [-0.39, 0.29) is 0 Å². The molecule has 0 saturated heterocycles. The van der Waals surface area contributed by atoms with Crippen LogP contribution in [0.4, 0.5) is 0 Å². The summed E-state index contributed by atoms with van der Waals surface area (Å²) in [5, 5.41) is 0. The number of H-pyrrole nitrogens is 1. The van der Waals surface area contributed by atoms with Crippen LogP contribution in [0.5, 0.6) is 0 Å². The quantitative estimate of drug-likeness (QED) is 0.727. The topological polar surface area (TPSA) is 20.7 Å². The molecule has 0 fully saturated rings. The standard InChI is InChI=1S/C12H14N2S/c1-8-4-5-11(9(2)6-8)14-7-10(3)13-12(14)15/h4-7H,1-3H3,(H,13,15). The van der Waals surface area contributed by atoms with E-state index in [1.807, 2.05) is 17.7 Å². The van der Waals surface area contributed by atoms with E-state index < -0.39 is 0 Å². The van der Waals surface area contributed by atoms with Crippen molar-refractivity contribution in [2.75, 3.05) is 0 Å². The predicted molar refractivity (Wildman–Crippen MR) is 65.2 cm³/mol. The number of nitrogens with one attached hydrogen (secondary N) is 1. The molecule has 15 heavy (non-hydrogen) atoms. The number of aromatic nitrogens is 2. The van der Waals surface area contributed by atoms with Crippen LogP contribution < -0.4 is 0 Å². The molecule has 2 rings (SSSR count). The number of aryl methyl sites for hydroxylation is 3. The summed E-state index contributed by atoms with van der Waals surface area (Å²) in [7, 11) is 0. The Kier molecular flexibility index (Phi) is 2.49. The predicted octanol–water partition coefficient (Wildman–Crippen LogP) is 3.46.